The van der Waals surface area contributed by atoms with Crippen LogP contribution < -0.4 is 10.0 Å². The Bertz CT molecular complexity index is 982. The van der Waals surface area contributed by atoms with Crippen molar-refractivity contribution in [1.29, 1.82) is 0 Å². The Balaban J connectivity index is 2.09. The van der Waals surface area contributed by atoms with Gasteiger partial charge in [-0.2, -0.15) is 0 Å². The molecule has 1 amide bonds. The summed E-state index contributed by atoms with van der Waals surface area (Å²) in [5.74, 6) is -1.46. The van der Waals surface area contributed by atoms with Crippen LogP contribution in [-0.2, 0) is 19.6 Å². The lowest BCUT2D eigenvalue weighted by Gasteiger charge is -2.14. The van der Waals surface area contributed by atoms with Crippen LogP contribution in [0.4, 0.5) is 5.82 Å². The first kappa shape index (κ1) is 21.1. The normalized spacial score (nSPS) is 12.3. The highest BCUT2D eigenvalue weighted by molar-refractivity contribution is 7.89. The zero-order chi connectivity index (χ0) is 20.2. The molecule has 0 saturated heterocycles. The van der Waals surface area contributed by atoms with Crippen LogP contribution in [-0.4, -0.2) is 38.4 Å². The molecule has 0 unspecified atom stereocenters. The number of carbonyl (C=O) groups excluding carboxylic acids is 2. The number of amides is 1. The van der Waals surface area contributed by atoms with Crippen LogP contribution in [0.2, 0.25) is 10.0 Å². The summed E-state index contributed by atoms with van der Waals surface area (Å²) < 4.78 is 30.8. The molecule has 0 radical (unpaired) electrons. The molecule has 8 nitrogen and oxygen atoms in total. The van der Waals surface area contributed by atoms with Gasteiger partial charge in [0.25, 0.3) is 5.91 Å². The zero-order valence-corrected chi connectivity index (χ0v) is 16.5. The Morgan fingerprint density at radius 2 is 1.93 bits per heavy atom. The number of rotatable bonds is 6. The molecule has 1 aromatic carbocycles. The van der Waals surface area contributed by atoms with Gasteiger partial charge in [-0.25, -0.2) is 22.9 Å². The lowest BCUT2D eigenvalue weighted by Crippen LogP contribution is -2.30. The Hall–Kier alpha value is -2.20. The second-order valence-electron chi connectivity index (χ2n) is 5.26. The van der Waals surface area contributed by atoms with Crippen molar-refractivity contribution in [3.05, 3.63) is 52.1 Å². The first-order valence-electron chi connectivity index (χ1n) is 7.50. The molecule has 0 spiro atoms. The van der Waals surface area contributed by atoms with Gasteiger partial charge in [0.2, 0.25) is 10.0 Å². The number of ether oxygens (including phenoxy) is 1. The van der Waals surface area contributed by atoms with Crippen molar-refractivity contribution in [2.75, 3.05) is 12.4 Å². The van der Waals surface area contributed by atoms with Crippen LogP contribution >= 0.6 is 23.2 Å². The van der Waals surface area contributed by atoms with E-state index in [1.54, 1.807) is 0 Å². The van der Waals surface area contributed by atoms with E-state index in [4.69, 9.17) is 27.9 Å². The van der Waals surface area contributed by atoms with E-state index in [0.717, 1.165) is 6.07 Å². The van der Waals surface area contributed by atoms with Gasteiger partial charge in [-0.3, -0.25) is 4.79 Å². The smallest absolute Gasteiger partial charge is 0.338 e. The fourth-order valence-electron chi connectivity index (χ4n) is 1.92. The van der Waals surface area contributed by atoms with Crippen molar-refractivity contribution in [1.82, 2.24) is 9.71 Å². The van der Waals surface area contributed by atoms with Crippen LogP contribution in [0.15, 0.2) is 41.4 Å². The van der Waals surface area contributed by atoms with Gasteiger partial charge in [0, 0.05) is 6.20 Å². The number of nitrogens with one attached hydrogen (secondary N) is 2. The molecule has 27 heavy (non-hydrogen) atoms. The average Bonchev–Trinajstić information content (AvgIpc) is 2.63. The third kappa shape index (κ3) is 5.39. The number of nitrogens with zero attached hydrogens (tertiary/aromatic N) is 1. The predicted molar refractivity (Wildman–Crippen MR) is 100 cm³/mol. The van der Waals surface area contributed by atoms with E-state index in [1.165, 1.54) is 44.4 Å². The maximum atomic E-state index is 12.2. The number of hydrogen-bond acceptors (Lipinski definition) is 6. The molecule has 2 N–H and O–H groups in total. The van der Waals surface area contributed by atoms with Gasteiger partial charge in [0.05, 0.1) is 20.5 Å². The Labute approximate surface area is 165 Å². The van der Waals surface area contributed by atoms with E-state index in [9.17, 15) is 18.0 Å². The number of benzene rings is 1. The first-order valence-corrected chi connectivity index (χ1v) is 9.74. The highest BCUT2D eigenvalue weighted by Crippen LogP contribution is 2.22. The molecule has 144 valence electrons. The second-order valence-corrected chi connectivity index (χ2v) is 7.99. The van der Waals surface area contributed by atoms with E-state index in [0.29, 0.717) is 5.02 Å². The van der Waals surface area contributed by atoms with Gasteiger partial charge < -0.3 is 10.1 Å². The number of carbonyl (C=O) groups is 2. The number of aromatic nitrogens is 1. The molecule has 2 rings (SSSR count). The maximum Gasteiger partial charge on any atom is 0.338 e. The van der Waals surface area contributed by atoms with Gasteiger partial charge in [-0.15, -0.1) is 0 Å². The monoisotopic (exact) mass is 431 g/mol. The number of sulfonamides is 1. The number of anilines is 1. The molecule has 1 heterocycles. The fourth-order valence-corrected chi connectivity index (χ4v) is 3.12. The average molecular weight is 432 g/mol. The third-order valence-corrected chi connectivity index (χ3v) is 5.26. The van der Waals surface area contributed by atoms with E-state index in [1.807, 2.05) is 0 Å². The summed E-state index contributed by atoms with van der Waals surface area (Å²) in [5, 5.41) is 2.84. The number of hydrogen-bond donors (Lipinski definition) is 2. The summed E-state index contributed by atoms with van der Waals surface area (Å²) in [6.07, 6.45) is 0.114. The maximum absolute atomic E-state index is 12.2. The molecule has 0 aliphatic carbocycles. The predicted octanol–water partition coefficient (Wildman–Crippen LogP) is 2.48. The molecule has 0 bridgehead atoms. The Kier molecular flexibility index (Phi) is 6.77. The summed E-state index contributed by atoms with van der Waals surface area (Å²) in [7, 11) is -2.47. The van der Waals surface area contributed by atoms with Crippen molar-refractivity contribution in [3.8, 4) is 0 Å². The molecule has 0 aliphatic rings. The van der Waals surface area contributed by atoms with Gasteiger partial charge in [-0.05, 0) is 38.2 Å². The summed E-state index contributed by atoms with van der Waals surface area (Å²) in [5.41, 5.74) is -0.0198. The van der Waals surface area contributed by atoms with Gasteiger partial charge in [0.15, 0.2) is 11.9 Å². The van der Waals surface area contributed by atoms with Gasteiger partial charge in [0.1, 0.15) is 0 Å². The largest absolute Gasteiger partial charge is 0.449 e. The lowest BCUT2D eigenvalue weighted by molar-refractivity contribution is -0.123. The Morgan fingerprint density at radius 3 is 2.56 bits per heavy atom. The van der Waals surface area contributed by atoms with E-state index >= 15 is 0 Å². The number of halogens is 2. The quantitative estimate of drug-likeness (QED) is 0.678. The fraction of sp³-hybridized carbons (Fsp3) is 0.188. The Morgan fingerprint density at radius 1 is 1.22 bits per heavy atom. The molecule has 0 fully saturated rings. The SMILES string of the molecule is CNS(=O)(=O)c1cccc(C(=O)O[C@H](C)C(=O)Nc2ncc(Cl)cc2Cl)c1. The van der Waals surface area contributed by atoms with Crippen LogP contribution in [0.5, 0.6) is 0 Å². The zero-order valence-electron chi connectivity index (χ0n) is 14.2. The van der Waals surface area contributed by atoms with E-state index < -0.39 is 28.0 Å². The minimum Gasteiger partial charge on any atom is -0.449 e. The van der Waals surface area contributed by atoms with Crippen molar-refractivity contribution in [2.24, 2.45) is 0 Å². The van der Waals surface area contributed by atoms with Crippen LogP contribution in [0.25, 0.3) is 0 Å². The minimum absolute atomic E-state index is 0.0198. The van der Waals surface area contributed by atoms with Crippen molar-refractivity contribution < 1.29 is 22.7 Å². The lowest BCUT2D eigenvalue weighted by atomic mass is 10.2. The molecular formula is C16H15Cl2N3O5S. The summed E-state index contributed by atoms with van der Waals surface area (Å²) >= 11 is 11.7. The second kappa shape index (κ2) is 8.66. The molecule has 1 aromatic heterocycles. The molecule has 1 atom stereocenters. The highest BCUT2D eigenvalue weighted by Gasteiger charge is 2.21. The van der Waals surface area contributed by atoms with E-state index in [-0.39, 0.29) is 21.3 Å². The standard InChI is InChI=1S/C16H15Cl2N3O5S/c1-9(15(22)21-14-13(18)7-11(17)8-20-14)26-16(23)10-4-3-5-12(6-10)27(24,25)19-2/h3-9,19H,1-2H3,(H,20,21,22)/t9-/m1/s1. The molecular weight excluding hydrogens is 417 g/mol. The van der Waals surface area contributed by atoms with Crippen LogP contribution in [0.1, 0.15) is 17.3 Å². The summed E-state index contributed by atoms with van der Waals surface area (Å²) in [6, 6.07) is 6.64. The summed E-state index contributed by atoms with van der Waals surface area (Å²) in [6.45, 7) is 1.35. The summed E-state index contributed by atoms with van der Waals surface area (Å²) in [4.78, 5) is 28.2. The van der Waals surface area contributed by atoms with Crippen LogP contribution in [0, 0.1) is 0 Å². The molecule has 0 saturated carbocycles. The van der Waals surface area contributed by atoms with E-state index in [2.05, 4.69) is 15.0 Å². The van der Waals surface area contributed by atoms with Crippen LogP contribution in [0.3, 0.4) is 0 Å². The highest BCUT2D eigenvalue weighted by atomic mass is 35.5. The van der Waals surface area contributed by atoms with Gasteiger partial charge >= 0.3 is 5.97 Å². The topological polar surface area (TPSA) is 114 Å². The number of esters is 1. The van der Waals surface area contributed by atoms with Crippen molar-refractivity contribution in [3.63, 3.8) is 0 Å². The molecule has 2 aromatic rings. The third-order valence-electron chi connectivity index (χ3n) is 3.35. The number of pyridine rings is 1. The molecule has 11 heteroatoms. The van der Waals surface area contributed by atoms with Gasteiger partial charge in [-0.1, -0.05) is 29.3 Å². The first-order chi connectivity index (χ1) is 12.6. The van der Waals surface area contributed by atoms with Crippen molar-refractivity contribution >= 4 is 50.9 Å². The minimum atomic E-state index is -3.72. The molecule has 0 aliphatic heterocycles. The van der Waals surface area contributed by atoms with Crippen molar-refractivity contribution in [2.45, 2.75) is 17.9 Å².